The van der Waals surface area contributed by atoms with Gasteiger partial charge in [-0.25, -0.2) is 13.8 Å². The molecule has 0 aliphatic carbocycles. The number of pyridine rings is 1. The highest BCUT2D eigenvalue weighted by atomic mass is 127. The normalized spacial score (nSPS) is 10.8. The monoisotopic (exact) mass is 367 g/mol. The molecule has 1 rings (SSSR count). The van der Waals surface area contributed by atoms with Crippen LogP contribution < -0.4 is 0 Å². The summed E-state index contributed by atoms with van der Waals surface area (Å²) in [6, 6.07) is 0. The largest absolute Gasteiger partial charge is 0.267 e. The molecule has 6 heteroatoms. The SMILES string of the molecule is FC(F)c1c(Cl)ncc(I)c1Br. The molecule has 0 amide bonds. The van der Waals surface area contributed by atoms with Gasteiger partial charge in [0.1, 0.15) is 5.15 Å². The van der Waals surface area contributed by atoms with E-state index in [1.165, 1.54) is 6.20 Å². The van der Waals surface area contributed by atoms with Gasteiger partial charge in [0.2, 0.25) is 0 Å². The first kappa shape index (κ1) is 10.6. The molecule has 0 bridgehead atoms. The molecule has 0 aromatic carbocycles. The third kappa shape index (κ3) is 2.05. The van der Waals surface area contributed by atoms with E-state index in [0.717, 1.165) is 0 Å². The van der Waals surface area contributed by atoms with Gasteiger partial charge < -0.3 is 0 Å². The van der Waals surface area contributed by atoms with Crippen LogP contribution in [0.2, 0.25) is 5.15 Å². The van der Waals surface area contributed by atoms with Crippen molar-refractivity contribution in [2.45, 2.75) is 6.43 Å². The summed E-state index contributed by atoms with van der Waals surface area (Å²) in [5.74, 6) is 0. The Morgan fingerprint density at radius 2 is 2.17 bits per heavy atom. The number of nitrogens with zero attached hydrogens (tertiary/aromatic N) is 1. The van der Waals surface area contributed by atoms with Crippen molar-refractivity contribution in [3.63, 3.8) is 0 Å². The Labute approximate surface area is 94.8 Å². The van der Waals surface area contributed by atoms with Gasteiger partial charge >= 0.3 is 0 Å². The second-order valence-electron chi connectivity index (χ2n) is 1.93. The highest BCUT2D eigenvalue weighted by Crippen LogP contribution is 2.34. The molecule has 0 aliphatic rings. The zero-order chi connectivity index (χ0) is 9.30. The number of hydrogen-bond acceptors (Lipinski definition) is 1. The Morgan fingerprint density at radius 1 is 1.58 bits per heavy atom. The fraction of sp³-hybridized carbons (Fsp3) is 0.167. The van der Waals surface area contributed by atoms with Gasteiger partial charge in [-0.3, -0.25) is 0 Å². The molecule has 0 saturated carbocycles. The van der Waals surface area contributed by atoms with Crippen molar-refractivity contribution in [2.24, 2.45) is 0 Å². The number of halogens is 5. The molecule has 1 heterocycles. The maximum atomic E-state index is 12.3. The predicted octanol–water partition coefficient (Wildman–Crippen LogP) is 4.04. The minimum atomic E-state index is -2.60. The lowest BCUT2D eigenvalue weighted by Crippen LogP contribution is -1.93. The molecule has 66 valence electrons. The lowest BCUT2D eigenvalue weighted by molar-refractivity contribution is 0.150. The van der Waals surface area contributed by atoms with Gasteiger partial charge in [0.15, 0.2) is 0 Å². The van der Waals surface area contributed by atoms with E-state index < -0.39 is 6.43 Å². The first-order valence-corrected chi connectivity index (χ1v) is 5.06. The smallest absolute Gasteiger partial charge is 0.243 e. The summed E-state index contributed by atoms with van der Waals surface area (Å²) < 4.78 is 25.6. The molecular formula is C6H2BrClF2IN. The average Bonchev–Trinajstić information content (AvgIpc) is 1.97. The van der Waals surface area contributed by atoms with E-state index in [1.54, 1.807) is 0 Å². The molecule has 0 aliphatic heterocycles. The van der Waals surface area contributed by atoms with Crippen LogP contribution in [-0.4, -0.2) is 4.98 Å². The summed E-state index contributed by atoms with van der Waals surface area (Å²) in [6.07, 6.45) is -1.17. The molecule has 0 fully saturated rings. The van der Waals surface area contributed by atoms with Gasteiger partial charge in [-0.1, -0.05) is 11.6 Å². The van der Waals surface area contributed by atoms with Crippen LogP contribution >= 0.6 is 50.1 Å². The fourth-order valence-corrected chi connectivity index (χ4v) is 1.88. The van der Waals surface area contributed by atoms with Crippen LogP contribution in [0.4, 0.5) is 8.78 Å². The van der Waals surface area contributed by atoms with Crippen molar-refractivity contribution < 1.29 is 8.78 Å². The summed E-state index contributed by atoms with van der Waals surface area (Å²) in [5.41, 5.74) is -0.247. The second kappa shape index (κ2) is 4.15. The Hall–Kier alpha value is 0.510. The van der Waals surface area contributed by atoms with Crippen molar-refractivity contribution >= 4 is 50.1 Å². The fourth-order valence-electron chi connectivity index (χ4n) is 0.645. The molecule has 1 aromatic rings. The van der Waals surface area contributed by atoms with Crippen LogP contribution in [0.1, 0.15) is 12.0 Å². The molecule has 0 N–H and O–H groups in total. The van der Waals surface area contributed by atoms with Crippen molar-refractivity contribution in [3.05, 3.63) is 25.0 Å². The van der Waals surface area contributed by atoms with E-state index in [0.29, 0.717) is 8.04 Å². The van der Waals surface area contributed by atoms with Crippen LogP contribution in [0.25, 0.3) is 0 Å². The first-order valence-electron chi connectivity index (χ1n) is 2.81. The van der Waals surface area contributed by atoms with Crippen molar-refractivity contribution in [3.8, 4) is 0 Å². The summed E-state index contributed by atoms with van der Waals surface area (Å²) >= 11 is 10.4. The van der Waals surface area contributed by atoms with E-state index in [4.69, 9.17) is 11.6 Å². The minimum Gasteiger partial charge on any atom is -0.243 e. The van der Waals surface area contributed by atoms with Crippen LogP contribution in [0.5, 0.6) is 0 Å². The lowest BCUT2D eigenvalue weighted by Gasteiger charge is -2.05. The Morgan fingerprint density at radius 3 is 2.58 bits per heavy atom. The van der Waals surface area contributed by atoms with Crippen molar-refractivity contribution in [1.82, 2.24) is 4.98 Å². The van der Waals surface area contributed by atoms with Gasteiger partial charge in [-0.15, -0.1) is 0 Å². The maximum absolute atomic E-state index is 12.3. The van der Waals surface area contributed by atoms with Gasteiger partial charge in [-0.05, 0) is 38.5 Å². The van der Waals surface area contributed by atoms with E-state index in [1.807, 2.05) is 22.6 Å². The molecule has 12 heavy (non-hydrogen) atoms. The number of hydrogen-bond donors (Lipinski definition) is 0. The third-order valence-corrected chi connectivity index (χ3v) is 3.89. The number of alkyl halides is 2. The molecule has 0 spiro atoms. The number of rotatable bonds is 1. The summed E-state index contributed by atoms with van der Waals surface area (Å²) in [6.45, 7) is 0. The summed E-state index contributed by atoms with van der Waals surface area (Å²) in [4.78, 5) is 3.61. The van der Waals surface area contributed by atoms with E-state index >= 15 is 0 Å². The van der Waals surface area contributed by atoms with Crippen LogP contribution in [0.3, 0.4) is 0 Å². The van der Waals surface area contributed by atoms with E-state index in [2.05, 4.69) is 20.9 Å². The zero-order valence-corrected chi connectivity index (χ0v) is 9.99. The van der Waals surface area contributed by atoms with E-state index in [-0.39, 0.29) is 10.7 Å². The Kier molecular flexibility index (Phi) is 3.66. The van der Waals surface area contributed by atoms with Gasteiger partial charge in [0.05, 0.1) is 5.56 Å². The highest BCUT2D eigenvalue weighted by Gasteiger charge is 2.18. The van der Waals surface area contributed by atoms with Crippen LogP contribution in [0.15, 0.2) is 10.7 Å². The van der Waals surface area contributed by atoms with Crippen LogP contribution in [-0.2, 0) is 0 Å². The maximum Gasteiger partial charge on any atom is 0.267 e. The molecule has 1 aromatic heterocycles. The van der Waals surface area contributed by atoms with Gasteiger partial charge in [0.25, 0.3) is 6.43 Å². The van der Waals surface area contributed by atoms with Crippen molar-refractivity contribution in [1.29, 1.82) is 0 Å². The van der Waals surface area contributed by atoms with Gasteiger partial charge in [-0.2, -0.15) is 0 Å². The molecule has 0 unspecified atom stereocenters. The van der Waals surface area contributed by atoms with Gasteiger partial charge in [0, 0.05) is 14.2 Å². The molecular weight excluding hydrogens is 366 g/mol. The Bertz CT molecular complexity index is 308. The summed E-state index contributed by atoms with van der Waals surface area (Å²) in [7, 11) is 0. The zero-order valence-electron chi connectivity index (χ0n) is 5.49. The quantitative estimate of drug-likeness (QED) is 0.539. The predicted molar refractivity (Wildman–Crippen MR) is 54.6 cm³/mol. The summed E-state index contributed by atoms with van der Waals surface area (Å²) in [5, 5.41) is -0.155. The third-order valence-electron chi connectivity index (χ3n) is 1.18. The second-order valence-corrected chi connectivity index (χ2v) is 4.24. The van der Waals surface area contributed by atoms with Crippen molar-refractivity contribution in [2.75, 3.05) is 0 Å². The molecule has 1 nitrogen and oxygen atoms in total. The molecule has 0 saturated heterocycles. The molecule has 0 radical (unpaired) electrons. The topological polar surface area (TPSA) is 12.9 Å². The first-order chi connectivity index (χ1) is 5.54. The number of aromatic nitrogens is 1. The minimum absolute atomic E-state index is 0.155. The molecule has 0 atom stereocenters. The van der Waals surface area contributed by atoms with E-state index in [9.17, 15) is 8.78 Å². The van der Waals surface area contributed by atoms with Crippen LogP contribution in [0, 0.1) is 3.57 Å². The Balaban J connectivity index is 3.33. The lowest BCUT2D eigenvalue weighted by atomic mass is 10.3. The standard InChI is InChI=1S/C6H2BrClF2IN/c7-4-2(11)1-12-5(8)3(4)6(9)10/h1,6H. The average molecular weight is 368 g/mol. The highest BCUT2D eigenvalue weighted by molar-refractivity contribution is 14.1.